The monoisotopic (exact) mass is 393 g/mol. The summed E-state index contributed by atoms with van der Waals surface area (Å²) in [6.45, 7) is 4.98. The topological polar surface area (TPSA) is 69.1 Å². The Hall–Kier alpha value is -0.670. The van der Waals surface area contributed by atoms with Crippen LogP contribution in [0.5, 0.6) is 5.75 Å². The Bertz CT molecular complexity index is 589. The fourth-order valence-corrected chi connectivity index (χ4v) is 4.14. The van der Waals surface area contributed by atoms with Gasteiger partial charge in [-0.15, -0.1) is 0 Å². The van der Waals surface area contributed by atoms with Crippen LogP contribution in [0.2, 0.25) is 0 Å². The third-order valence-electron chi connectivity index (χ3n) is 3.63. The van der Waals surface area contributed by atoms with Gasteiger partial charge in [-0.3, -0.25) is 0 Å². The Morgan fingerprint density at radius 3 is 2.73 bits per heavy atom. The molecule has 0 radical (unpaired) electrons. The SMILES string of the molecule is COc1ccc(S(=O)(=O)NCCC[NH+]2CCOCC2)cc1Br. The lowest BCUT2D eigenvalue weighted by molar-refractivity contribution is -0.908. The zero-order chi connectivity index (χ0) is 16.0. The highest BCUT2D eigenvalue weighted by Gasteiger charge is 2.17. The second kappa shape index (κ2) is 8.26. The van der Waals surface area contributed by atoms with E-state index >= 15 is 0 Å². The molecule has 0 saturated carbocycles. The Kier molecular flexibility index (Phi) is 6.64. The van der Waals surface area contributed by atoms with Crippen LogP contribution in [0, 0.1) is 0 Å². The highest BCUT2D eigenvalue weighted by molar-refractivity contribution is 9.10. The van der Waals surface area contributed by atoms with Crippen LogP contribution in [0.15, 0.2) is 27.6 Å². The lowest BCUT2D eigenvalue weighted by Gasteiger charge is -2.23. The van der Waals surface area contributed by atoms with Crippen molar-refractivity contribution in [3.63, 3.8) is 0 Å². The molecule has 6 nitrogen and oxygen atoms in total. The van der Waals surface area contributed by atoms with Gasteiger partial charge in [-0.1, -0.05) is 0 Å². The summed E-state index contributed by atoms with van der Waals surface area (Å²) in [5.41, 5.74) is 0. The third-order valence-corrected chi connectivity index (χ3v) is 5.71. The number of morpholine rings is 1. The van der Waals surface area contributed by atoms with Gasteiger partial charge in [0, 0.05) is 13.0 Å². The van der Waals surface area contributed by atoms with Crippen LogP contribution in [0.1, 0.15) is 6.42 Å². The first-order valence-corrected chi connectivity index (χ1v) is 9.55. The molecule has 8 heteroatoms. The lowest BCUT2D eigenvalue weighted by Crippen LogP contribution is -3.14. The minimum Gasteiger partial charge on any atom is -0.496 e. The van der Waals surface area contributed by atoms with Crippen molar-refractivity contribution in [2.24, 2.45) is 0 Å². The number of hydrogen-bond acceptors (Lipinski definition) is 4. The minimum absolute atomic E-state index is 0.235. The highest BCUT2D eigenvalue weighted by Crippen LogP contribution is 2.27. The lowest BCUT2D eigenvalue weighted by atomic mass is 10.3. The van der Waals surface area contributed by atoms with Crippen molar-refractivity contribution >= 4 is 26.0 Å². The van der Waals surface area contributed by atoms with Crippen molar-refractivity contribution in [3.8, 4) is 5.75 Å². The molecule has 1 aromatic rings. The zero-order valence-electron chi connectivity index (χ0n) is 12.6. The fourth-order valence-electron chi connectivity index (χ4n) is 2.35. The van der Waals surface area contributed by atoms with Crippen molar-refractivity contribution in [1.82, 2.24) is 4.72 Å². The van der Waals surface area contributed by atoms with Crippen molar-refractivity contribution in [1.29, 1.82) is 0 Å². The standard InChI is InChI=1S/C14H21BrN2O4S/c1-20-14-4-3-12(11-13(14)15)22(18,19)16-5-2-6-17-7-9-21-10-8-17/h3-4,11,16H,2,5-10H2,1H3/p+1. The Morgan fingerprint density at radius 2 is 2.09 bits per heavy atom. The molecule has 1 aliphatic heterocycles. The molecular weight excluding hydrogens is 372 g/mol. The summed E-state index contributed by atoms with van der Waals surface area (Å²) in [6.07, 6.45) is 0.811. The molecule has 0 unspecified atom stereocenters. The molecule has 0 spiro atoms. The van der Waals surface area contributed by atoms with Crippen LogP contribution >= 0.6 is 15.9 Å². The summed E-state index contributed by atoms with van der Waals surface area (Å²) >= 11 is 3.30. The van der Waals surface area contributed by atoms with Gasteiger partial charge in [-0.2, -0.15) is 0 Å². The Labute approximate surface area is 140 Å². The number of ether oxygens (including phenoxy) is 2. The molecule has 1 saturated heterocycles. The van der Waals surface area contributed by atoms with Gasteiger partial charge in [0.25, 0.3) is 0 Å². The van der Waals surface area contributed by atoms with E-state index in [1.54, 1.807) is 25.3 Å². The highest BCUT2D eigenvalue weighted by atomic mass is 79.9. The fraction of sp³-hybridized carbons (Fsp3) is 0.571. The van der Waals surface area contributed by atoms with E-state index in [0.29, 0.717) is 16.8 Å². The van der Waals surface area contributed by atoms with Crippen LogP contribution in [-0.4, -0.2) is 54.9 Å². The molecule has 0 aromatic heterocycles. The van der Waals surface area contributed by atoms with Crippen LogP contribution in [-0.2, 0) is 14.8 Å². The summed E-state index contributed by atoms with van der Waals surface area (Å²) in [6, 6.07) is 4.73. The average Bonchev–Trinajstić information content (AvgIpc) is 2.52. The van der Waals surface area contributed by atoms with Gasteiger partial charge in [0.05, 0.1) is 36.2 Å². The van der Waals surface area contributed by atoms with Crippen LogP contribution in [0.4, 0.5) is 0 Å². The number of benzene rings is 1. The number of nitrogens with one attached hydrogen (secondary N) is 2. The van der Waals surface area contributed by atoms with E-state index < -0.39 is 10.0 Å². The minimum atomic E-state index is -3.48. The Balaban J connectivity index is 1.84. The van der Waals surface area contributed by atoms with Crippen molar-refractivity contribution in [2.75, 3.05) is 46.5 Å². The molecule has 0 atom stereocenters. The van der Waals surface area contributed by atoms with Crippen molar-refractivity contribution < 1.29 is 22.8 Å². The largest absolute Gasteiger partial charge is 0.496 e. The van der Waals surface area contributed by atoms with E-state index in [-0.39, 0.29) is 4.90 Å². The first kappa shape index (κ1) is 17.7. The first-order chi connectivity index (χ1) is 10.5. The van der Waals surface area contributed by atoms with Gasteiger partial charge in [-0.25, -0.2) is 13.1 Å². The summed E-state index contributed by atoms with van der Waals surface area (Å²) in [5.74, 6) is 0.606. The zero-order valence-corrected chi connectivity index (χ0v) is 15.0. The van der Waals surface area contributed by atoms with Crippen LogP contribution in [0.3, 0.4) is 0 Å². The molecular formula is C14H22BrN2O4S+. The predicted octanol–water partition coefficient (Wildman–Crippen LogP) is 0.0412. The maximum Gasteiger partial charge on any atom is 0.240 e. The van der Waals surface area contributed by atoms with Crippen LogP contribution in [0.25, 0.3) is 0 Å². The van der Waals surface area contributed by atoms with Gasteiger partial charge in [0.1, 0.15) is 18.8 Å². The maximum atomic E-state index is 12.2. The van der Waals surface area contributed by atoms with E-state index in [9.17, 15) is 8.42 Å². The van der Waals surface area contributed by atoms with Gasteiger partial charge in [0.15, 0.2) is 0 Å². The molecule has 1 fully saturated rings. The molecule has 1 aromatic carbocycles. The second-order valence-corrected chi connectivity index (χ2v) is 7.78. The summed E-state index contributed by atoms with van der Waals surface area (Å²) in [4.78, 5) is 1.71. The smallest absolute Gasteiger partial charge is 0.240 e. The maximum absolute atomic E-state index is 12.2. The molecule has 0 bridgehead atoms. The van der Waals surface area contributed by atoms with Gasteiger partial charge < -0.3 is 14.4 Å². The molecule has 2 rings (SSSR count). The van der Waals surface area contributed by atoms with E-state index in [4.69, 9.17) is 9.47 Å². The van der Waals surface area contributed by atoms with Crippen LogP contribution < -0.4 is 14.4 Å². The van der Waals surface area contributed by atoms with Gasteiger partial charge >= 0.3 is 0 Å². The van der Waals surface area contributed by atoms with E-state index in [0.717, 1.165) is 39.3 Å². The average molecular weight is 394 g/mol. The quantitative estimate of drug-likeness (QED) is 0.641. The summed E-state index contributed by atoms with van der Waals surface area (Å²) < 4.78 is 38.1. The van der Waals surface area contributed by atoms with Crippen molar-refractivity contribution in [3.05, 3.63) is 22.7 Å². The number of quaternary nitrogens is 1. The predicted molar refractivity (Wildman–Crippen MR) is 86.9 cm³/mol. The molecule has 22 heavy (non-hydrogen) atoms. The Morgan fingerprint density at radius 1 is 1.36 bits per heavy atom. The molecule has 2 N–H and O–H groups in total. The van der Waals surface area contributed by atoms with Gasteiger partial charge in [0.2, 0.25) is 10.0 Å². The van der Waals surface area contributed by atoms with Crippen molar-refractivity contribution in [2.45, 2.75) is 11.3 Å². The van der Waals surface area contributed by atoms with E-state index in [1.165, 1.54) is 4.90 Å². The molecule has 0 aliphatic carbocycles. The van der Waals surface area contributed by atoms with E-state index in [1.807, 2.05) is 0 Å². The molecule has 1 aliphatic rings. The van der Waals surface area contributed by atoms with Gasteiger partial charge in [-0.05, 0) is 34.1 Å². The number of sulfonamides is 1. The number of rotatable bonds is 7. The number of hydrogen-bond donors (Lipinski definition) is 2. The molecule has 124 valence electrons. The molecule has 0 amide bonds. The summed E-state index contributed by atoms with van der Waals surface area (Å²) in [5, 5.41) is 0. The second-order valence-electron chi connectivity index (χ2n) is 5.16. The van der Waals surface area contributed by atoms with E-state index in [2.05, 4.69) is 20.7 Å². The first-order valence-electron chi connectivity index (χ1n) is 7.27. The number of methoxy groups -OCH3 is 1. The number of halogens is 1. The molecule has 1 heterocycles. The third kappa shape index (κ3) is 4.92. The normalized spacial score (nSPS) is 16.6. The summed E-state index contributed by atoms with van der Waals surface area (Å²) in [7, 11) is -1.94.